The quantitative estimate of drug-likeness (QED) is 0.188. The van der Waals surface area contributed by atoms with Crippen LogP contribution in [0.2, 0.25) is 0 Å². The van der Waals surface area contributed by atoms with Crippen molar-refractivity contribution in [3.05, 3.63) is 170 Å². The Hall–Kier alpha value is -7.04. The van der Waals surface area contributed by atoms with Gasteiger partial charge < -0.3 is 18.0 Å². The van der Waals surface area contributed by atoms with Gasteiger partial charge in [-0.25, -0.2) is 0 Å². The lowest BCUT2D eigenvalue weighted by Crippen LogP contribution is -1.97. The molecular formula is C48H28N2O2. The molecule has 12 rings (SSSR count). The van der Waals surface area contributed by atoms with Gasteiger partial charge in [0.1, 0.15) is 22.3 Å². The highest BCUT2D eigenvalue weighted by atomic mass is 16.3. The minimum absolute atomic E-state index is 0.899. The van der Waals surface area contributed by atoms with Crippen LogP contribution in [0.3, 0.4) is 0 Å². The summed E-state index contributed by atoms with van der Waals surface area (Å²) in [5.41, 5.74) is 12.7. The highest BCUT2D eigenvalue weighted by molar-refractivity contribution is 6.24. The standard InChI is InChI=1S/C48H28N2O2/c1-5-16-40-33(12-1)34-13-2-6-17-41(34)49(40)32-21-22-38-43(28-32)50(42-24-23-37-35-14-3-8-19-45(35)52-48(37)47(38)42)31-11-9-10-29(26-31)30-20-25-46-39(27-30)36-15-4-7-18-44(36)51-46/h1-28H. The molecule has 4 heterocycles. The molecule has 4 nitrogen and oxygen atoms in total. The van der Waals surface area contributed by atoms with Crippen LogP contribution in [0, 0.1) is 0 Å². The van der Waals surface area contributed by atoms with E-state index in [1.807, 2.05) is 18.2 Å². The van der Waals surface area contributed by atoms with Crippen LogP contribution in [0.1, 0.15) is 0 Å². The van der Waals surface area contributed by atoms with Crippen molar-refractivity contribution < 1.29 is 8.83 Å². The van der Waals surface area contributed by atoms with E-state index in [1.165, 1.54) is 21.8 Å². The summed E-state index contributed by atoms with van der Waals surface area (Å²) in [7, 11) is 0. The maximum atomic E-state index is 6.67. The van der Waals surface area contributed by atoms with E-state index in [1.54, 1.807) is 0 Å². The van der Waals surface area contributed by atoms with Crippen molar-refractivity contribution in [1.82, 2.24) is 9.13 Å². The van der Waals surface area contributed by atoms with E-state index in [0.29, 0.717) is 0 Å². The molecule has 0 amide bonds. The van der Waals surface area contributed by atoms with Gasteiger partial charge in [-0.05, 0) is 90.0 Å². The largest absolute Gasteiger partial charge is 0.456 e. The van der Waals surface area contributed by atoms with Crippen molar-refractivity contribution in [1.29, 1.82) is 0 Å². The first-order valence-electron chi connectivity index (χ1n) is 17.7. The summed E-state index contributed by atoms with van der Waals surface area (Å²) < 4.78 is 17.6. The smallest absolute Gasteiger partial charge is 0.145 e. The predicted octanol–water partition coefficient (Wildman–Crippen LogP) is 13.3. The summed E-state index contributed by atoms with van der Waals surface area (Å²) in [4.78, 5) is 0. The third-order valence-corrected chi connectivity index (χ3v) is 10.9. The van der Waals surface area contributed by atoms with E-state index in [2.05, 4.69) is 161 Å². The Bertz CT molecular complexity index is 3370. The molecule has 0 aliphatic heterocycles. The molecule has 12 aromatic rings. The van der Waals surface area contributed by atoms with Crippen molar-refractivity contribution in [3.8, 4) is 22.5 Å². The fourth-order valence-corrected chi connectivity index (χ4v) is 8.62. The Morgan fingerprint density at radius 1 is 0.308 bits per heavy atom. The van der Waals surface area contributed by atoms with Crippen LogP contribution < -0.4 is 0 Å². The van der Waals surface area contributed by atoms with E-state index >= 15 is 0 Å². The zero-order chi connectivity index (χ0) is 33.9. The molecule has 0 atom stereocenters. The van der Waals surface area contributed by atoms with Gasteiger partial charge in [-0.15, -0.1) is 0 Å². The highest BCUT2D eigenvalue weighted by Gasteiger charge is 2.21. The molecule has 242 valence electrons. The first-order chi connectivity index (χ1) is 25.8. The van der Waals surface area contributed by atoms with E-state index in [4.69, 9.17) is 8.83 Å². The molecule has 4 aromatic heterocycles. The maximum absolute atomic E-state index is 6.67. The second kappa shape index (κ2) is 10.3. The summed E-state index contributed by atoms with van der Waals surface area (Å²) in [6.45, 7) is 0. The zero-order valence-corrected chi connectivity index (χ0v) is 27.9. The molecule has 4 heteroatoms. The second-order valence-corrected chi connectivity index (χ2v) is 13.7. The van der Waals surface area contributed by atoms with Crippen LogP contribution in [-0.2, 0) is 0 Å². The van der Waals surface area contributed by atoms with Crippen molar-refractivity contribution in [2.24, 2.45) is 0 Å². The maximum Gasteiger partial charge on any atom is 0.145 e. The lowest BCUT2D eigenvalue weighted by molar-refractivity contribution is 0.669. The Balaban J connectivity index is 1.15. The van der Waals surface area contributed by atoms with Gasteiger partial charge in [-0.3, -0.25) is 0 Å². The van der Waals surface area contributed by atoms with Crippen molar-refractivity contribution >= 4 is 87.5 Å². The summed E-state index contributed by atoms with van der Waals surface area (Å²) >= 11 is 0. The molecule has 0 N–H and O–H groups in total. The molecule has 0 bridgehead atoms. The minimum atomic E-state index is 0.899. The lowest BCUT2D eigenvalue weighted by Gasteiger charge is -2.12. The van der Waals surface area contributed by atoms with Crippen LogP contribution >= 0.6 is 0 Å². The van der Waals surface area contributed by atoms with Crippen LogP contribution in [0.25, 0.3) is 110 Å². The molecule has 0 aliphatic rings. The number of aromatic nitrogens is 2. The highest BCUT2D eigenvalue weighted by Crippen LogP contribution is 2.42. The summed E-state index contributed by atoms with van der Waals surface area (Å²) in [6.07, 6.45) is 0. The van der Waals surface area contributed by atoms with Gasteiger partial charge in [0.25, 0.3) is 0 Å². The molecule has 0 aliphatic carbocycles. The predicted molar refractivity (Wildman–Crippen MR) is 215 cm³/mol. The van der Waals surface area contributed by atoms with Crippen LogP contribution in [0.5, 0.6) is 0 Å². The van der Waals surface area contributed by atoms with Gasteiger partial charge in [-0.2, -0.15) is 0 Å². The molecule has 0 radical (unpaired) electrons. The summed E-state index contributed by atoms with van der Waals surface area (Å²) in [5, 5.41) is 9.28. The zero-order valence-electron chi connectivity index (χ0n) is 27.9. The first-order valence-corrected chi connectivity index (χ1v) is 17.7. The van der Waals surface area contributed by atoms with Crippen molar-refractivity contribution in [2.45, 2.75) is 0 Å². The lowest BCUT2D eigenvalue weighted by atomic mass is 10.0. The fraction of sp³-hybridized carbons (Fsp3) is 0. The average molecular weight is 665 g/mol. The Kier molecular flexibility index (Phi) is 5.47. The van der Waals surface area contributed by atoms with Crippen LogP contribution in [0.4, 0.5) is 0 Å². The van der Waals surface area contributed by atoms with E-state index in [9.17, 15) is 0 Å². The minimum Gasteiger partial charge on any atom is -0.456 e. The monoisotopic (exact) mass is 664 g/mol. The van der Waals surface area contributed by atoms with Gasteiger partial charge in [0, 0.05) is 49.1 Å². The molecule has 52 heavy (non-hydrogen) atoms. The molecule has 0 spiro atoms. The Morgan fingerprint density at radius 3 is 1.69 bits per heavy atom. The van der Waals surface area contributed by atoms with E-state index in [-0.39, 0.29) is 0 Å². The number of fused-ring (bicyclic) bond motifs is 13. The van der Waals surface area contributed by atoms with Crippen molar-refractivity contribution in [2.75, 3.05) is 0 Å². The van der Waals surface area contributed by atoms with Crippen LogP contribution in [0.15, 0.2) is 179 Å². The van der Waals surface area contributed by atoms with Gasteiger partial charge >= 0.3 is 0 Å². The Morgan fingerprint density at radius 2 is 0.904 bits per heavy atom. The molecule has 0 fully saturated rings. The number of hydrogen-bond acceptors (Lipinski definition) is 2. The molecule has 0 saturated carbocycles. The number of benzene rings is 8. The van der Waals surface area contributed by atoms with E-state index in [0.717, 1.165) is 88.2 Å². The number of para-hydroxylation sites is 4. The SMILES string of the molecule is c1cc(-c2ccc3oc4ccccc4c3c2)cc(-n2c3cc(-n4c5ccccc5c5ccccc54)ccc3c3c4oc5ccccc5c4ccc32)c1. The van der Waals surface area contributed by atoms with E-state index < -0.39 is 0 Å². The average Bonchev–Trinajstić information content (AvgIpc) is 3.95. The van der Waals surface area contributed by atoms with Crippen LogP contribution in [-0.4, -0.2) is 9.13 Å². The Labute approximate surface area is 296 Å². The first kappa shape index (κ1) is 27.7. The molecular weight excluding hydrogens is 637 g/mol. The third kappa shape index (κ3) is 3.75. The molecule has 0 unspecified atom stereocenters. The third-order valence-electron chi connectivity index (χ3n) is 10.9. The normalized spacial score (nSPS) is 12.2. The van der Waals surface area contributed by atoms with Gasteiger partial charge in [0.15, 0.2) is 0 Å². The number of hydrogen-bond donors (Lipinski definition) is 0. The fourth-order valence-electron chi connectivity index (χ4n) is 8.62. The number of rotatable bonds is 3. The number of furan rings is 2. The van der Waals surface area contributed by atoms with Gasteiger partial charge in [0.05, 0.1) is 27.5 Å². The van der Waals surface area contributed by atoms with Crippen molar-refractivity contribution in [3.63, 3.8) is 0 Å². The summed E-state index contributed by atoms with van der Waals surface area (Å²) in [5.74, 6) is 0. The topological polar surface area (TPSA) is 36.1 Å². The molecule has 0 saturated heterocycles. The number of nitrogens with zero attached hydrogens (tertiary/aromatic N) is 2. The second-order valence-electron chi connectivity index (χ2n) is 13.7. The molecule has 8 aromatic carbocycles. The van der Waals surface area contributed by atoms with Gasteiger partial charge in [-0.1, -0.05) is 91.0 Å². The summed E-state index contributed by atoms with van der Waals surface area (Å²) in [6, 6.07) is 60.7. The van der Waals surface area contributed by atoms with Gasteiger partial charge in [0.2, 0.25) is 0 Å².